The lowest BCUT2D eigenvalue weighted by Crippen LogP contribution is -2.08. The molecule has 2 rings (SSSR count). The van der Waals surface area contributed by atoms with Gasteiger partial charge in [-0.05, 0) is 23.8 Å². The summed E-state index contributed by atoms with van der Waals surface area (Å²) in [4.78, 5) is 12.2. The highest BCUT2D eigenvalue weighted by atomic mass is 79.9. The third-order valence-electron chi connectivity index (χ3n) is 2.52. The highest BCUT2D eigenvalue weighted by Crippen LogP contribution is 2.29. The topological polar surface area (TPSA) is 17.1 Å². The molecule has 1 unspecified atom stereocenters. The standard InChI is InChI=1S/C14H9BrCl2O/c15-10-6-7-11(12(16)8-10)14(18)13(17)9-4-2-1-3-5-9/h1-8,13H. The summed E-state index contributed by atoms with van der Waals surface area (Å²) in [5.41, 5.74) is 1.20. The molecule has 92 valence electrons. The van der Waals surface area contributed by atoms with Crippen LogP contribution in [0.3, 0.4) is 0 Å². The van der Waals surface area contributed by atoms with Crippen molar-refractivity contribution in [1.82, 2.24) is 0 Å². The number of ketones is 1. The van der Waals surface area contributed by atoms with Crippen molar-refractivity contribution in [3.8, 4) is 0 Å². The van der Waals surface area contributed by atoms with Crippen LogP contribution in [0.5, 0.6) is 0 Å². The molecule has 1 nitrogen and oxygen atoms in total. The third-order valence-corrected chi connectivity index (χ3v) is 3.78. The van der Waals surface area contributed by atoms with E-state index in [4.69, 9.17) is 23.2 Å². The predicted molar refractivity (Wildman–Crippen MR) is 78.5 cm³/mol. The van der Waals surface area contributed by atoms with Gasteiger partial charge in [-0.3, -0.25) is 4.79 Å². The molecule has 0 aliphatic heterocycles. The summed E-state index contributed by atoms with van der Waals surface area (Å²) in [5.74, 6) is -0.194. The second kappa shape index (κ2) is 5.87. The zero-order valence-corrected chi connectivity index (χ0v) is 12.3. The van der Waals surface area contributed by atoms with Crippen molar-refractivity contribution >= 4 is 44.9 Å². The fraction of sp³-hybridized carbons (Fsp3) is 0.0714. The third kappa shape index (κ3) is 2.94. The van der Waals surface area contributed by atoms with Crippen LogP contribution in [-0.2, 0) is 0 Å². The number of hydrogen-bond acceptors (Lipinski definition) is 1. The molecular formula is C14H9BrCl2O. The zero-order chi connectivity index (χ0) is 13.1. The Morgan fingerprint density at radius 1 is 1.11 bits per heavy atom. The highest BCUT2D eigenvalue weighted by Gasteiger charge is 2.21. The molecule has 0 radical (unpaired) electrons. The van der Waals surface area contributed by atoms with Gasteiger partial charge in [-0.1, -0.05) is 57.9 Å². The Morgan fingerprint density at radius 2 is 1.78 bits per heavy atom. The van der Waals surface area contributed by atoms with Gasteiger partial charge in [0.05, 0.1) is 5.02 Å². The van der Waals surface area contributed by atoms with E-state index in [1.807, 2.05) is 30.3 Å². The molecular weight excluding hydrogens is 335 g/mol. The van der Waals surface area contributed by atoms with Crippen LogP contribution >= 0.6 is 39.1 Å². The molecule has 2 aromatic rings. The Morgan fingerprint density at radius 3 is 2.39 bits per heavy atom. The predicted octanol–water partition coefficient (Wildman–Crippen LogP) is 5.27. The molecule has 0 heterocycles. The van der Waals surface area contributed by atoms with Gasteiger partial charge in [0, 0.05) is 10.0 Å². The van der Waals surface area contributed by atoms with Crippen LogP contribution in [0.15, 0.2) is 53.0 Å². The van der Waals surface area contributed by atoms with Crippen molar-refractivity contribution in [2.45, 2.75) is 5.38 Å². The van der Waals surface area contributed by atoms with Crippen LogP contribution in [0.25, 0.3) is 0 Å². The lowest BCUT2D eigenvalue weighted by molar-refractivity contribution is 0.0987. The molecule has 0 aliphatic rings. The van der Waals surface area contributed by atoms with Crippen molar-refractivity contribution in [1.29, 1.82) is 0 Å². The SMILES string of the molecule is O=C(c1ccc(Br)cc1Cl)C(Cl)c1ccccc1. The number of alkyl halides is 1. The first-order valence-electron chi connectivity index (χ1n) is 5.28. The second-order valence-corrected chi connectivity index (χ2v) is 5.52. The van der Waals surface area contributed by atoms with Gasteiger partial charge in [0.1, 0.15) is 5.38 Å². The van der Waals surface area contributed by atoms with E-state index in [0.29, 0.717) is 10.6 Å². The minimum atomic E-state index is -0.718. The number of carbonyl (C=O) groups excluding carboxylic acids is 1. The van der Waals surface area contributed by atoms with Gasteiger partial charge >= 0.3 is 0 Å². The lowest BCUT2D eigenvalue weighted by Gasteiger charge is -2.10. The van der Waals surface area contributed by atoms with E-state index in [0.717, 1.165) is 10.0 Å². The summed E-state index contributed by atoms with van der Waals surface area (Å²) in [7, 11) is 0. The Bertz CT molecular complexity index is 569. The van der Waals surface area contributed by atoms with Crippen LogP contribution in [-0.4, -0.2) is 5.78 Å². The van der Waals surface area contributed by atoms with Gasteiger partial charge in [0.25, 0.3) is 0 Å². The summed E-state index contributed by atoms with van der Waals surface area (Å²) in [6.07, 6.45) is 0. The van der Waals surface area contributed by atoms with Gasteiger partial charge in [-0.25, -0.2) is 0 Å². The van der Waals surface area contributed by atoms with Crippen molar-refractivity contribution in [2.24, 2.45) is 0 Å². The fourth-order valence-corrected chi connectivity index (χ4v) is 2.63. The molecule has 0 fully saturated rings. The smallest absolute Gasteiger partial charge is 0.186 e. The number of rotatable bonds is 3. The van der Waals surface area contributed by atoms with E-state index in [1.165, 1.54) is 0 Å². The van der Waals surface area contributed by atoms with Crippen molar-refractivity contribution in [2.75, 3.05) is 0 Å². The van der Waals surface area contributed by atoms with Crippen molar-refractivity contribution in [3.05, 3.63) is 69.2 Å². The number of hydrogen-bond donors (Lipinski definition) is 0. The van der Waals surface area contributed by atoms with Gasteiger partial charge < -0.3 is 0 Å². The molecule has 2 aromatic carbocycles. The molecule has 0 aromatic heterocycles. The van der Waals surface area contributed by atoms with Crippen molar-refractivity contribution in [3.63, 3.8) is 0 Å². The Balaban J connectivity index is 2.32. The zero-order valence-electron chi connectivity index (χ0n) is 9.24. The molecule has 0 bridgehead atoms. The van der Waals surface area contributed by atoms with Crippen LogP contribution in [0.1, 0.15) is 21.3 Å². The minimum Gasteiger partial charge on any atom is -0.292 e. The number of halogens is 3. The molecule has 0 spiro atoms. The maximum absolute atomic E-state index is 12.2. The first-order chi connectivity index (χ1) is 8.59. The lowest BCUT2D eigenvalue weighted by atomic mass is 10.0. The van der Waals surface area contributed by atoms with Crippen LogP contribution < -0.4 is 0 Å². The molecule has 0 N–H and O–H groups in total. The minimum absolute atomic E-state index is 0.194. The number of carbonyl (C=O) groups is 1. The average Bonchev–Trinajstić information content (AvgIpc) is 2.38. The van der Waals surface area contributed by atoms with Crippen LogP contribution in [0, 0.1) is 0 Å². The molecule has 0 amide bonds. The highest BCUT2D eigenvalue weighted by molar-refractivity contribution is 9.10. The van der Waals surface area contributed by atoms with E-state index in [2.05, 4.69) is 15.9 Å². The first-order valence-corrected chi connectivity index (χ1v) is 6.88. The summed E-state index contributed by atoms with van der Waals surface area (Å²) in [5, 5.41) is -0.319. The quantitative estimate of drug-likeness (QED) is 0.548. The van der Waals surface area contributed by atoms with Gasteiger partial charge in [0.15, 0.2) is 5.78 Å². The van der Waals surface area contributed by atoms with Crippen LogP contribution in [0.2, 0.25) is 5.02 Å². The maximum Gasteiger partial charge on any atom is 0.186 e. The summed E-state index contributed by atoms with van der Waals surface area (Å²) >= 11 is 15.5. The fourth-order valence-electron chi connectivity index (χ4n) is 1.60. The Labute approximate surface area is 124 Å². The average molecular weight is 344 g/mol. The van der Waals surface area contributed by atoms with Gasteiger partial charge in [0.2, 0.25) is 0 Å². The molecule has 1 atom stereocenters. The number of benzene rings is 2. The number of Topliss-reactive ketones (excluding diaryl/α,β-unsaturated/α-hetero) is 1. The van der Waals surface area contributed by atoms with Crippen molar-refractivity contribution < 1.29 is 4.79 Å². The van der Waals surface area contributed by atoms with Gasteiger partial charge in [-0.15, -0.1) is 11.6 Å². The van der Waals surface area contributed by atoms with Crippen LogP contribution in [0.4, 0.5) is 0 Å². The molecule has 18 heavy (non-hydrogen) atoms. The van der Waals surface area contributed by atoms with E-state index in [9.17, 15) is 4.79 Å². The van der Waals surface area contributed by atoms with E-state index < -0.39 is 5.38 Å². The molecule has 0 saturated carbocycles. The molecule has 4 heteroatoms. The Kier molecular flexibility index (Phi) is 4.44. The molecule has 0 saturated heterocycles. The second-order valence-electron chi connectivity index (χ2n) is 3.76. The van der Waals surface area contributed by atoms with Gasteiger partial charge in [-0.2, -0.15) is 0 Å². The summed E-state index contributed by atoms with van der Waals surface area (Å²) < 4.78 is 0.829. The maximum atomic E-state index is 12.2. The van der Waals surface area contributed by atoms with E-state index in [1.54, 1.807) is 18.2 Å². The Hall–Kier alpha value is -0.830. The molecule has 0 aliphatic carbocycles. The van der Waals surface area contributed by atoms with E-state index >= 15 is 0 Å². The summed E-state index contributed by atoms with van der Waals surface area (Å²) in [6, 6.07) is 14.3. The monoisotopic (exact) mass is 342 g/mol. The summed E-state index contributed by atoms with van der Waals surface area (Å²) in [6.45, 7) is 0. The first kappa shape index (κ1) is 13.6. The van der Waals surface area contributed by atoms with E-state index in [-0.39, 0.29) is 5.78 Å². The normalized spacial score (nSPS) is 12.2. The largest absolute Gasteiger partial charge is 0.292 e.